The Kier molecular flexibility index (Phi) is 4.10. The molecule has 0 fully saturated rings. The van der Waals surface area contributed by atoms with Crippen molar-refractivity contribution in [2.24, 2.45) is 0 Å². The van der Waals surface area contributed by atoms with Crippen LogP contribution in [-0.2, 0) is 6.18 Å². The van der Waals surface area contributed by atoms with Crippen molar-refractivity contribution in [2.75, 3.05) is 0 Å². The monoisotopic (exact) mass is 183 g/mol. The van der Waals surface area contributed by atoms with Crippen molar-refractivity contribution in [3.05, 3.63) is 35.6 Å². The smallest absolute Gasteiger partial charge is 0.699 e. The van der Waals surface area contributed by atoms with E-state index in [0.717, 1.165) is 24.3 Å². The second-order valence-corrected chi connectivity index (χ2v) is 2.08. The Morgan fingerprint density at radius 3 is 1.75 bits per heavy atom. The maximum Gasteiger partial charge on any atom is 1.00 e. The summed E-state index contributed by atoms with van der Waals surface area (Å²) >= 11 is 0. The molecule has 0 saturated carbocycles. The number of alkyl halides is 3. The molecule has 0 bridgehead atoms. The Hall–Kier alpha value is -0.190. The summed E-state index contributed by atoms with van der Waals surface area (Å²) in [7, 11) is 0. The fourth-order valence-electron chi connectivity index (χ4n) is 0.659. The third-order valence-corrected chi connectivity index (χ3v) is 1.21. The molecule has 5 heteroatoms. The van der Waals surface area contributed by atoms with Crippen LogP contribution in [0.3, 0.4) is 0 Å². The molecule has 60 valence electrons. The van der Waals surface area contributed by atoms with E-state index in [0.29, 0.717) is 0 Å². The van der Waals surface area contributed by atoms with Crippen molar-refractivity contribution in [1.82, 2.24) is 0 Å². The van der Waals surface area contributed by atoms with Crippen LogP contribution in [0.15, 0.2) is 24.3 Å². The number of hydrogen-bond donors (Lipinski definition) is 0. The summed E-state index contributed by atoms with van der Waals surface area (Å²) in [5, 5.41) is 0. The first kappa shape index (κ1) is 11.8. The van der Waals surface area contributed by atoms with E-state index in [9.17, 15) is 13.2 Å². The zero-order chi connectivity index (χ0) is 8.48. The molecule has 0 unspecified atom stereocenters. The van der Waals surface area contributed by atoms with Crippen molar-refractivity contribution in [2.45, 2.75) is 6.18 Å². The summed E-state index contributed by atoms with van der Waals surface area (Å²) < 4.78 is 35.6. The van der Waals surface area contributed by atoms with E-state index in [1.165, 1.54) is 0 Å². The standard InChI is InChI=1S/C7H5F3N.Na/c8-7(9,10)5-1-3-6(11)4-2-5;/h1-4,11H;/q-1;+1. The Morgan fingerprint density at radius 2 is 1.42 bits per heavy atom. The van der Waals surface area contributed by atoms with Gasteiger partial charge in [-0.05, 0) is 0 Å². The van der Waals surface area contributed by atoms with Gasteiger partial charge in [0.15, 0.2) is 0 Å². The van der Waals surface area contributed by atoms with Gasteiger partial charge < -0.3 is 5.73 Å². The molecule has 0 aliphatic heterocycles. The van der Waals surface area contributed by atoms with Gasteiger partial charge in [-0.1, -0.05) is 24.3 Å². The third kappa shape index (κ3) is 3.05. The summed E-state index contributed by atoms with van der Waals surface area (Å²) in [6.07, 6.45) is -4.30. The maximum absolute atomic E-state index is 11.9. The van der Waals surface area contributed by atoms with Crippen molar-refractivity contribution in [1.29, 1.82) is 0 Å². The molecule has 0 atom stereocenters. The van der Waals surface area contributed by atoms with Crippen LogP contribution in [0, 0.1) is 0 Å². The largest absolute Gasteiger partial charge is 1.00 e. The van der Waals surface area contributed by atoms with Gasteiger partial charge in [0, 0.05) is 0 Å². The molecular formula is C7H5F3NNa. The molecule has 0 radical (unpaired) electrons. The first-order chi connectivity index (χ1) is 5.00. The predicted octanol–water partition coefficient (Wildman–Crippen LogP) is 0.393. The number of benzene rings is 1. The van der Waals surface area contributed by atoms with E-state index < -0.39 is 11.7 Å². The van der Waals surface area contributed by atoms with Crippen LogP contribution in [-0.4, -0.2) is 0 Å². The SMILES string of the molecule is [NH-]c1ccc(C(F)(F)F)cc1.[Na+]. The fraction of sp³-hybridized carbons (Fsp3) is 0.143. The summed E-state index contributed by atoms with van der Waals surface area (Å²) in [5.74, 6) is 0. The van der Waals surface area contributed by atoms with Crippen LogP contribution >= 0.6 is 0 Å². The predicted molar refractivity (Wildman–Crippen MR) is 35.4 cm³/mol. The van der Waals surface area contributed by atoms with Gasteiger partial charge in [0.2, 0.25) is 0 Å². The van der Waals surface area contributed by atoms with Gasteiger partial charge in [-0.2, -0.15) is 13.2 Å². The molecule has 0 spiro atoms. The summed E-state index contributed by atoms with van der Waals surface area (Å²) in [4.78, 5) is 0. The normalized spacial score (nSPS) is 10.6. The summed E-state index contributed by atoms with van der Waals surface area (Å²) in [5.41, 5.74) is 6.30. The molecule has 0 aromatic heterocycles. The van der Waals surface area contributed by atoms with Crippen LogP contribution in [0.1, 0.15) is 5.56 Å². The second kappa shape index (κ2) is 4.16. The second-order valence-electron chi connectivity index (χ2n) is 2.08. The molecule has 0 aliphatic carbocycles. The minimum absolute atomic E-state index is 0. The zero-order valence-electron chi connectivity index (χ0n) is 6.44. The van der Waals surface area contributed by atoms with E-state index in [1.807, 2.05) is 0 Å². The number of nitrogens with one attached hydrogen (secondary N) is 1. The maximum atomic E-state index is 11.9. The molecule has 12 heavy (non-hydrogen) atoms. The molecule has 1 N–H and O–H groups in total. The van der Waals surface area contributed by atoms with E-state index in [-0.39, 0.29) is 35.2 Å². The third-order valence-electron chi connectivity index (χ3n) is 1.21. The summed E-state index contributed by atoms with van der Waals surface area (Å²) in [6, 6.07) is 4.01. The van der Waals surface area contributed by atoms with Gasteiger partial charge in [-0.25, -0.2) is 0 Å². The molecular weight excluding hydrogens is 178 g/mol. The van der Waals surface area contributed by atoms with Crippen LogP contribution in [0.2, 0.25) is 0 Å². The van der Waals surface area contributed by atoms with Gasteiger partial charge in [0.05, 0.1) is 5.56 Å². The first-order valence-electron chi connectivity index (χ1n) is 2.89. The van der Waals surface area contributed by atoms with Gasteiger partial charge in [0.25, 0.3) is 0 Å². The Bertz CT molecular complexity index is 242. The molecule has 1 nitrogen and oxygen atoms in total. The molecule has 1 aromatic rings. The van der Waals surface area contributed by atoms with E-state index in [1.54, 1.807) is 0 Å². The van der Waals surface area contributed by atoms with E-state index in [4.69, 9.17) is 5.73 Å². The first-order valence-corrected chi connectivity index (χ1v) is 2.89. The Morgan fingerprint density at radius 1 is 1.00 bits per heavy atom. The average Bonchev–Trinajstić information content (AvgIpc) is 1.86. The van der Waals surface area contributed by atoms with Crippen molar-refractivity contribution >= 4 is 5.69 Å². The van der Waals surface area contributed by atoms with Crippen LogP contribution in [0.5, 0.6) is 0 Å². The quantitative estimate of drug-likeness (QED) is 0.520. The molecule has 0 saturated heterocycles. The van der Waals surface area contributed by atoms with Crippen molar-refractivity contribution < 1.29 is 42.7 Å². The zero-order valence-corrected chi connectivity index (χ0v) is 8.44. The van der Waals surface area contributed by atoms with Gasteiger partial charge >= 0.3 is 35.7 Å². The van der Waals surface area contributed by atoms with Gasteiger partial charge in [0.1, 0.15) is 0 Å². The Labute approximate surface area is 90.0 Å². The van der Waals surface area contributed by atoms with Crippen LogP contribution < -0.4 is 29.6 Å². The van der Waals surface area contributed by atoms with Gasteiger partial charge in [-0.15, -0.1) is 5.69 Å². The summed E-state index contributed by atoms with van der Waals surface area (Å²) in [6.45, 7) is 0. The minimum atomic E-state index is -4.30. The van der Waals surface area contributed by atoms with Crippen molar-refractivity contribution in [3.63, 3.8) is 0 Å². The molecule has 0 amide bonds. The molecule has 0 heterocycles. The van der Waals surface area contributed by atoms with Crippen LogP contribution in [0.25, 0.3) is 5.73 Å². The number of rotatable bonds is 0. The topological polar surface area (TPSA) is 23.8 Å². The Balaban J connectivity index is 0.00000121. The van der Waals surface area contributed by atoms with E-state index >= 15 is 0 Å². The molecule has 1 rings (SSSR count). The average molecular weight is 183 g/mol. The van der Waals surface area contributed by atoms with Crippen molar-refractivity contribution in [3.8, 4) is 0 Å². The van der Waals surface area contributed by atoms with Crippen LogP contribution in [0.4, 0.5) is 18.9 Å². The number of hydrogen-bond acceptors (Lipinski definition) is 0. The fourth-order valence-corrected chi connectivity index (χ4v) is 0.659. The minimum Gasteiger partial charge on any atom is -0.699 e. The molecule has 0 aliphatic rings. The number of halogens is 3. The molecule has 1 aromatic carbocycles. The van der Waals surface area contributed by atoms with Gasteiger partial charge in [-0.3, -0.25) is 0 Å². The van der Waals surface area contributed by atoms with E-state index in [2.05, 4.69) is 0 Å².